The fourth-order valence-corrected chi connectivity index (χ4v) is 6.31. The van der Waals surface area contributed by atoms with Crippen LogP contribution in [0.4, 0.5) is 0 Å². The van der Waals surface area contributed by atoms with Gasteiger partial charge >= 0.3 is 0 Å². The summed E-state index contributed by atoms with van der Waals surface area (Å²) in [7, 11) is 2.09. The van der Waals surface area contributed by atoms with Crippen LogP contribution in [0.15, 0.2) is 59.7 Å². The lowest BCUT2D eigenvalue weighted by Gasteiger charge is -2.26. The zero-order valence-corrected chi connectivity index (χ0v) is 25.4. The molecule has 1 aliphatic rings. The monoisotopic (exact) mass is 531 g/mol. The Morgan fingerprint density at radius 1 is 0.600 bits per heavy atom. The number of carbonyl (C=O) groups is 1. The van der Waals surface area contributed by atoms with Crippen LogP contribution in [-0.4, -0.2) is 40.0 Å². The molecule has 0 bridgehead atoms. The highest BCUT2D eigenvalue weighted by atomic mass is 16.1. The van der Waals surface area contributed by atoms with E-state index in [1.165, 1.54) is 45.0 Å². The molecule has 4 nitrogen and oxygen atoms in total. The Bertz CT molecular complexity index is 1580. The lowest BCUT2D eigenvalue weighted by Crippen LogP contribution is -2.34. The number of benzene rings is 2. The van der Waals surface area contributed by atoms with Crippen LogP contribution >= 0.6 is 0 Å². The van der Waals surface area contributed by atoms with Crippen molar-refractivity contribution < 1.29 is 4.79 Å². The number of carbonyl (C=O) groups excluding carboxylic acids is 1. The van der Waals surface area contributed by atoms with Gasteiger partial charge in [0.1, 0.15) is 0 Å². The maximum Gasteiger partial charge on any atom is 0.187 e. The summed E-state index contributed by atoms with van der Waals surface area (Å²) in [6.07, 6.45) is 4.21. The van der Waals surface area contributed by atoms with Crippen molar-refractivity contribution in [2.45, 2.75) is 55.4 Å². The SMILES string of the molecule is Cc1ccc(-n2c(C)cc(/C=C3/CN(C)C/C(=C\c4cc(C)n(-c5ccc(C)cc5C)c4C)C3=O)c2C)c(C)c1. The van der Waals surface area contributed by atoms with Crippen LogP contribution in [0.3, 0.4) is 0 Å². The molecular formula is C36H41N3O. The molecule has 4 aromatic rings. The van der Waals surface area contributed by atoms with Crippen molar-refractivity contribution in [2.24, 2.45) is 0 Å². The number of Topliss-reactive ketones (excluding diaryl/α,β-unsaturated/α-hetero) is 1. The second-order valence-electron chi connectivity index (χ2n) is 11.7. The van der Waals surface area contributed by atoms with E-state index in [-0.39, 0.29) is 5.78 Å². The Morgan fingerprint density at radius 2 is 1.00 bits per heavy atom. The highest BCUT2D eigenvalue weighted by Gasteiger charge is 2.25. The molecule has 0 amide bonds. The van der Waals surface area contributed by atoms with E-state index in [9.17, 15) is 4.79 Å². The maximum atomic E-state index is 13.8. The van der Waals surface area contributed by atoms with Gasteiger partial charge in [0, 0.05) is 58.4 Å². The van der Waals surface area contributed by atoms with Crippen molar-refractivity contribution in [1.29, 1.82) is 0 Å². The third-order valence-corrected chi connectivity index (χ3v) is 8.25. The number of nitrogens with zero attached hydrogens (tertiary/aromatic N) is 3. The van der Waals surface area contributed by atoms with E-state index in [1.807, 2.05) is 0 Å². The van der Waals surface area contributed by atoms with E-state index >= 15 is 0 Å². The highest BCUT2D eigenvalue weighted by molar-refractivity contribution is 6.14. The molecule has 0 saturated carbocycles. The second-order valence-corrected chi connectivity index (χ2v) is 11.7. The molecule has 0 aliphatic carbocycles. The normalized spacial score (nSPS) is 16.5. The van der Waals surface area contributed by atoms with Crippen molar-refractivity contribution in [3.05, 3.63) is 116 Å². The van der Waals surface area contributed by atoms with E-state index in [0.29, 0.717) is 13.1 Å². The Balaban J connectivity index is 1.52. The number of rotatable bonds is 4. The molecule has 2 aromatic heterocycles. The van der Waals surface area contributed by atoms with Gasteiger partial charge in [0.15, 0.2) is 5.78 Å². The van der Waals surface area contributed by atoms with Crippen molar-refractivity contribution >= 4 is 17.9 Å². The van der Waals surface area contributed by atoms with Gasteiger partial charge < -0.3 is 9.13 Å². The number of hydrogen-bond donors (Lipinski definition) is 0. The second kappa shape index (κ2) is 10.6. The molecule has 3 heterocycles. The Kier molecular flexibility index (Phi) is 7.32. The third-order valence-electron chi connectivity index (χ3n) is 8.25. The van der Waals surface area contributed by atoms with Gasteiger partial charge in [0.25, 0.3) is 0 Å². The van der Waals surface area contributed by atoms with Gasteiger partial charge in [-0.3, -0.25) is 9.69 Å². The van der Waals surface area contributed by atoms with Gasteiger partial charge in [-0.15, -0.1) is 0 Å². The maximum absolute atomic E-state index is 13.8. The first-order valence-electron chi connectivity index (χ1n) is 14.1. The third kappa shape index (κ3) is 5.04. The summed E-state index contributed by atoms with van der Waals surface area (Å²) in [5.74, 6) is 0.144. The Hall–Kier alpha value is -3.89. The summed E-state index contributed by atoms with van der Waals surface area (Å²) in [5, 5.41) is 0. The number of hydrogen-bond acceptors (Lipinski definition) is 2. The van der Waals surface area contributed by atoms with Crippen molar-refractivity contribution in [2.75, 3.05) is 20.1 Å². The molecule has 5 rings (SSSR count). The summed E-state index contributed by atoms with van der Waals surface area (Å²) in [5.41, 5.74) is 15.9. The molecule has 0 radical (unpaired) electrons. The van der Waals surface area contributed by atoms with Crippen molar-refractivity contribution in [1.82, 2.24) is 14.0 Å². The van der Waals surface area contributed by atoms with Gasteiger partial charge in [-0.1, -0.05) is 35.4 Å². The van der Waals surface area contributed by atoms with Crippen LogP contribution in [0, 0.1) is 55.4 Å². The number of piperidine rings is 1. The summed E-state index contributed by atoms with van der Waals surface area (Å²) in [4.78, 5) is 16.1. The summed E-state index contributed by atoms with van der Waals surface area (Å²) >= 11 is 0. The smallest absolute Gasteiger partial charge is 0.187 e. The van der Waals surface area contributed by atoms with Gasteiger partial charge in [-0.2, -0.15) is 0 Å². The van der Waals surface area contributed by atoms with Gasteiger partial charge in [-0.25, -0.2) is 0 Å². The average molecular weight is 532 g/mol. The van der Waals surface area contributed by atoms with E-state index < -0.39 is 0 Å². The van der Waals surface area contributed by atoms with E-state index in [1.54, 1.807) is 0 Å². The fourth-order valence-electron chi connectivity index (χ4n) is 6.31. The molecule has 1 saturated heterocycles. The molecular weight excluding hydrogens is 490 g/mol. The molecule has 206 valence electrons. The largest absolute Gasteiger partial charge is 0.318 e. The number of ketones is 1. The van der Waals surface area contributed by atoms with Crippen LogP contribution < -0.4 is 0 Å². The zero-order chi connectivity index (χ0) is 28.9. The van der Waals surface area contributed by atoms with Crippen LogP contribution in [0.1, 0.15) is 56.2 Å². The van der Waals surface area contributed by atoms with Crippen molar-refractivity contribution in [3.63, 3.8) is 0 Å². The van der Waals surface area contributed by atoms with Crippen molar-refractivity contribution in [3.8, 4) is 11.4 Å². The first-order valence-corrected chi connectivity index (χ1v) is 14.1. The fraction of sp³-hybridized carbons (Fsp3) is 0.306. The molecule has 1 fully saturated rings. The molecule has 1 aliphatic heterocycles. The first-order chi connectivity index (χ1) is 18.9. The zero-order valence-electron chi connectivity index (χ0n) is 25.4. The molecule has 40 heavy (non-hydrogen) atoms. The molecule has 2 aromatic carbocycles. The number of aromatic nitrogens is 2. The minimum Gasteiger partial charge on any atom is -0.318 e. The van der Waals surface area contributed by atoms with Crippen LogP contribution in [-0.2, 0) is 4.79 Å². The Morgan fingerprint density at radius 3 is 1.38 bits per heavy atom. The van der Waals surface area contributed by atoms with E-state index in [0.717, 1.165) is 33.7 Å². The minimum atomic E-state index is 0.144. The quantitative estimate of drug-likeness (QED) is 0.252. The number of likely N-dealkylation sites (tertiary alicyclic amines) is 1. The minimum absolute atomic E-state index is 0.144. The molecule has 0 atom stereocenters. The lowest BCUT2D eigenvalue weighted by molar-refractivity contribution is -0.113. The number of likely N-dealkylation sites (N-methyl/N-ethyl adjacent to an activating group) is 1. The number of aryl methyl sites for hydroxylation is 6. The lowest BCUT2D eigenvalue weighted by atomic mass is 9.94. The summed E-state index contributed by atoms with van der Waals surface area (Å²) < 4.78 is 4.60. The van der Waals surface area contributed by atoms with E-state index in [4.69, 9.17) is 0 Å². The highest BCUT2D eigenvalue weighted by Crippen LogP contribution is 2.30. The topological polar surface area (TPSA) is 30.2 Å². The van der Waals surface area contributed by atoms with E-state index in [2.05, 4.69) is 137 Å². The van der Waals surface area contributed by atoms with Gasteiger partial charge in [0.05, 0.1) is 0 Å². The van der Waals surface area contributed by atoms with Crippen LogP contribution in [0.5, 0.6) is 0 Å². The van der Waals surface area contributed by atoms with Crippen LogP contribution in [0.2, 0.25) is 0 Å². The first kappa shape index (κ1) is 27.7. The van der Waals surface area contributed by atoms with Gasteiger partial charge in [0.2, 0.25) is 0 Å². The molecule has 0 spiro atoms. The Labute approximate surface area is 239 Å². The molecule has 0 unspecified atom stereocenters. The molecule has 0 N–H and O–H groups in total. The molecule has 4 heteroatoms. The van der Waals surface area contributed by atoms with Gasteiger partial charge in [-0.05, 0) is 121 Å². The predicted molar refractivity (Wildman–Crippen MR) is 168 cm³/mol. The average Bonchev–Trinajstić information content (AvgIpc) is 3.30. The summed E-state index contributed by atoms with van der Waals surface area (Å²) in [6, 6.07) is 17.5. The predicted octanol–water partition coefficient (Wildman–Crippen LogP) is 7.72. The standard InChI is InChI=1S/C36H41N3O/c1-22-10-12-34(24(3)14-22)38-26(5)16-30(28(38)7)18-32-20-37(9)21-33(36(32)40)19-31-17-27(6)39(29(31)8)35-13-11-23(2)15-25(35)4/h10-19H,20-21H2,1-9H3/b32-18-,33-19+. The van der Waals surface area contributed by atoms with Crippen LogP contribution in [0.25, 0.3) is 23.5 Å². The summed E-state index contributed by atoms with van der Waals surface area (Å²) in [6.45, 7) is 18.4.